The van der Waals surface area contributed by atoms with Gasteiger partial charge in [-0.1, -0.05) is 17.7 Å². The molecule has 0 spiro atoms. The third-order valence-electron chi connectivity index (χ3n) is 2.46. The normalized spacial score (nSPS) is 12.7. The Bertz CT molecular complexity index is 527. The summed E-state index contributed by atoms with van der Waals surface area (Å²) in [6.07, 6.45) is 2.36. The van der Waals surface area contributed by atoms with E-state index in [-0.39, 0.29) is 11.9 Å². The first kappa shape index (κ1) is 12.5. The first-order chi connectivity index (χ1) is 8.06. The van der Waals surface area contributed by atoms with Gasteiger partial charge in [-0.3, -0.25) is 0 Å². The maximum Gasteiger partial charge on any atom is 0.124 e. The molecule has 2 nitrogen and oxygen atoms in total. The van der Waals surface area contributed by atoms with Crippen molar-refractivity contribution in [3.05, 3.63) is 50.7 Å². The van der Waals surface area contributed by atoms with Gasteiger partial charge in [0.05, 0.1) is 5.01 Å². The molecule has 0 aliphatic heterocycles. The van der Waals surface area contributed by atoms with Crippen LogP contribution in [-0.2, 0) is 6.42 Å². The van der Waals surface area contributed by atoms with Crippen LogP contribution in [0.4, 0.5) is 4.39 Å². The van der Waals surface area contributed by atoms with Gasteiger partial charge in [-0.05, 0) is 31.0 Å². The fraction of sp³-hybridized carbons (Fsp3) is 0.250. The molecule has 0 saturated carbocycles. The van der Waals surface area contributed by atoms with Gasteiger partial charge in [-0.25, -0.2) is 9.37 Å². The van der Waals surface area contributed by atoms with Gasteiger partial charge in [0.25, 0.3) is 0 Å². The summed E-state index contributed by atoms with van der Waals surface area (Å²) in [6, 6.07) is 4.22. The Hall–Kier alpha value is -0.970. The molecule has 1 aromatic heterocycles. The molecule has 1 heterocycles. The smallest absolute Gasteiger partial charge is 0.124 e. The van der Waals surface area contributed by atoms with Crippen molar-refractivity contribution in [3.63, 3.8) is 0 Å². The molecule has 5 heteroatoms. The number of nitrogens with zero attached hydrogens (tertiary/aromatic N) is 1. The largest absolute Gasteiger partial charge is 0.323 e. The van der Waals surface area contributed by atoms with Crippen LogP contribution in [0, 0.1) is 12.7 Å². The molecule has 0 fully saturated rings. The minimum absolute atomic E-state index is 0.149. The third-order valence-corrected chi connectivity index (χ3v) is 3.86. The highest BCUT2D eigenvalue weighted by Crippen LogP contribution is 2.25. The molecule has 0 saturated heterocycles. The topological polar surface area (TPSA) is 38.9 Å². The van der Waals surface area contributed by atoms with Gasteiger partial charge in [0, 0.05) is 22.1 Å². The van der Waals surface area contributed by atoms with Gasteiger partial charge < -0.3 is 5.73 Å². The van der Waals surface area contributed by atoms with Crippen LogP contribution >= 0.6 is 22.9 Å². The molecular weight excluding hydrogens is 259 g/mol. The van der Waals surface area contributed by atoms with E-state index >= 15 is 0 Å². The fourth-order valence-corrected chi connectivity index (χ4v) is 2.60. The maximum absolute atomic E-state index is 12.9. The lowest BCUT2D eigenvalue weighted by Crippen LogP contribution is -2.12. The number of benzene rings is 1. The number of hydrogen-bond acceptors (Lipinski definition) is 3. The SMILES string of the molecule is Cc1ncc(C(N)Cc2ccc(F)cc2Cl)s1. The average molecular weight is 271 g/mol. The van der Waals surface area contributed by atoms with Crippen molar-refractivity contribution in [2.75, 3.05) is 0 Å². The summed E-state index contributed by atoms with van der Waals surface area (Å²) < 4.78 is 12.9. The Balaban J connectivity index is 2.15. The average Bonchev–Trinajstić information content (AvgIpc) is 2.69. The lowest BCUT2D eigenvalue weighted by atomic mass is 10.1. The number of nitrogens with two attached hydrogens (primary N) is 1. The third kappa shape index (κ3) is 3.03. The van der Waals surface area contributed by atoms with Crippen LogP contribution in [0.2, 0.25) is 5.02 Å². The zero-order valence-corrected chi connectivity index (χ0v) is 10.9. The Kier molecular flexibility index (Phi) is 3.76. The highest BCUT2D eigenvalue weighted by Gasteiger charge is 2.12. The first-order valence-corrected chi connectivity index (χ1v) is 6.37. The Labute approximate surface area is 108 Å². The summed E-state index contributed by atoms with van der Waals surface area (Å²) in [5, 5.41) is 1.40. The van der Waals surface area contributed by atoms with Gasteiger partial charge in [0.2, 0.25) is 0 Å². The number of rotatable bonds is 3. The first-order valence-electron chi connectivity index (χ1n) is 5.18. The maximum atomic E-state index is 12.9. The lowest BCUT2D eigenvalue weighted by molar-refractivity contribution is 0.626. The minimum atomic E-state index is -0.332. The molecule has 0 amide bonds. The molecule has 90 valence electrons. The molecule has 1 aromatic carbocycles. The van der Waals surface area contributed by atoms with Crippen molar-refractivity contribution in [2.24, 2.45) is 5.73 Å². The summed E-state index contributed by atoms with van der Waals surface area (Å²) in [6.45, 7) is 1.94. The summed E-state index contributed by atoms with van der Waals surface area (Å²) in [5.41, 5.74) is 6.92. The Morgan fingerprint density at radius 2 is 2.29 bits per heavy atom. The van der Waals surface area contributed by atoms with Crippen molar-refractivity contribution in [3.8, 4) is 0 Å². The highest BCUT2D eigenvalue weighted by molar-refractivity contribution is 7.11. The molecule has 17 heavy (non-hydrogen) atoms. The van der Waals surface area contributed by atoms with Crippen molar-refractivity contribution in [1.82, 2.24) is 4.98 Å². The number of aryl methyl sites for hydroxylation is 1. The van der Waals surface area contributed by atoms with Crippen LogP contribution in [0.15, 0.2) is 24.4 Å². The van der Waals surface area contributed by atoms with E-state index in [0.717, 1.165) is 15.4 Å². The Morgan fingerprint density at radius 1 is 1.53 bits per heavy atom. The number of hydrogen-bond donors (Lipinski definition) is 1. The molecule has 2 N–H and O–H groups in total. The fourth-order valence-electron chi connectivity index (χ4n) is 1.57. The molecule has 2 rings (SSSR count). The number of halogens is 2. The molecule has 0 bridgehead atoms. The van der Waals surface area contributed by atoms with Crippen molar-refractivity contribution in [2.45, 2.75) is 19.4 Å². The van der Waals surface area contributed by atoms with Crippen LogP contribution in [0.25, 0.3) is 0 Å². The number of aromatic nitrogens is 1. The van der Waals surface area contributed by atoms with Gasteiger partial charge in [-0.15, -0.1) is 11.3 Å². The molecule has 1 unspecified atom stereocenters. The Morgan fingerprint density at radius 3 is 2.88 bits per heavy atom. The van der Waals surface area contributed by atoms with E-state index in [1.165, 1.54) is 12.1 Å². The highest BCUT2D eigenvalue weighted by atomic mass is 35.5. The monoisotopic (exact) mass is 270 g/mol. The van der Waals surface area contributed by atoms with Crippen molar-refractivity contribution >= 4 is 22.9 Å². The van der Waals surface area contributed by atoms with Gasteiger partial charge in [-0.2, -0.15) is 0 Å². The zero-order valence-electron chi connectivity index (χ0n) is 9.28. The predicted octanol–water partition coefficient (Wildman–Crippen LogP) is 3.49. The molecule has 0 aliphatic rings. The lowest BCUT2D eigenvalue weighted by Gasteiger charge is -2.10. The second-order valence-corrected chi connectivity index (χ2v) is 5.50. The molecule has 0 aliphatic carbocycles. The van der Waals surface area contributed by atoms with E-state index in [1.54, 1.807) is 23.6 Å². The molecular formula is C12H12ClFN2S. The second-order valence-electron chi connectivity index (χ2n) is 3.83. The van der Waals surface area contributed by atoms with Crippen LogP contribution in [-0.4, -0.2) is 4.98 Å². The predicted molar refractivity (Wildman–Crippen MR) is 68.9 cm³/mol. The van der Waals surface area contributed by atoms with Crippen molar-refractivity contribution < 1.29 is 4.39 Å². The van der Waals surface area contributed by atoms with Crippen LogP contribution in [0.1, 0.15) is 21.5 Å². The van der Waals surface area contributed by atoms with Gasteiger partial charge >= 0.3 is 0 Å². The quantitative estimate of drug-likeness (QED) is 0.927. The molecule has 0 radical (unpaired) electrons. The summed E-state index contributed by atoms with van der Waals surface area (Å²) >= 11 is 7.53. The van der Waals surface area contributed by atoms with Gasteiger partial charge in [0.1, 0.15) is 5.82 Å². The van der Waals surface area contributed by atoms with E-state index in [0.29, 0.717) is 11.4 Å². The summed E-state index contributed by atoms with van der Waals surface area (Å²) in [4.78, 5) is 5.18. The minimum Gasteiger partial charge on any atom is -0.323 e. The zero-order chi connectivity index (χ0) is 12.4. The molecule has 2 aromatic rings. The van der Waals surface area contributed by atoms with Crippen molar-refractivity contribution in [1.29, 1.82) is 0 Å². The van der Waals surface area contributed by atoms with Crippen LogP contribution < -0.4 is 5.73 Å². The van der Waals surface area contributed by atoms with Crippen LogP contribution in [0.5, 0.6) is 0 Å². The molecule has 1 atom stereocenters. The number of thiazole rings is 1. The summed E-state index contributed by atoms with van der Waals surface area (Å²) in [7, 11) is 0. The van der Waals surface area contributed by atoms with Gasteiger partial charge in [0.15, 0.2) is 0 Å². The summed E-state index contributed by atoms with van der Waals surface area (Å²) in [5.74, 6) is -0.332. The van der Waals surface area contributed by atoms with E-state index in [9.17, 15) is 4.39 Å². The van der Waals surface area contributed by atoms with Crippen LogP contribution in [0.3, 0.4) is 0 Å². The standard InChI is InChI=1S/C12H12ClFN2S/c1-7-16-6-12(17-7)11(15)4-8-2-3-9(14)5-10(8)13/h2-3,5-6,11H,4,15H2,1H3. The van der Waals surface area contributed by atoms with E-state index in [4.69, 9.17) is 17.3 Å². The second kappa shape index (κ2) is 5.12. The van der Waals surface area contributed by atoms with E-state index in [1.807, 2.05) is 6.92 Å². The van der Waals surface area contributed by atoms with E-state index in [2.05, 4.69) is 4.98 Å². The van der Waals surface area contributed by atoms with E-state index < -0.39 is 0 Å².